The van der Waals surface area contributed by atoms with E-state index in [0.29, 0.717) is 31.4 Å². The van der Waals surface area contributed by atoms with Crippen molar-refractivity contribution in [1.82, 2.24) is 5.32 Å². The number of benzene rings is 1. The van der Waals surface area contributed by atoms with E-state index in [2.05, 4.69) is 19.2 Å². The van der Waals surface area contributed by atoms with E-state index in [9.17, 15) is 9.90 Å². The van der Waals surface area contributed by atoms with Gasteiger partial charge in [-0.3, -0.25) is 4.79 Å². The van der Waals surface area contributed by atoms with Crippen molar-refractivity contribution in [2.24, 2.45) is 0 Å². The van der Waals surface area contributed by atoms with Gasteiger partial charge in [-0.25, -0.2) is 0 Å². The van der Waals surface area contributed by atoms with E-state index in [1.54, 1.807) is 12.1 Å². The van der Waals surface area contributed by atoms with Crippen LogP contribution in [-0.2, 0) is 16.0 Å². The fraction of sp³-hybridized carbons (Fsp3) is 0.632. The van der Waals surface area contributed by atoms with Gasteiger partial charge in [0.15, 0.2) is 5.78 Å². The van der Waals surface area contributed by atoms with E-state index in [4.69, 9.17) is 9.47 Å². The van der Waals surface area contributed by atoms with E-state index in [1.165, 1.54) is 6.92 Å². The first kappa shape index (κ1) is 22.4. The Balaban J connectivity index is 0.00000254. The number of ketones is 1. The van der Waals surface area contributed by atoms with Gasteiger partial charge in [-0.05, 0) is 44.4 Å². The van der Waals surface area contributed by atoms with E-state index >= 15 is 0 Å². The molecule has 1 atom stereocenters. The van der Waals surface area contributed by atoms with Crippen LogP contribution in [0.2, 0.25) is 0 Å². The summed E-state index contributed by atoms with van der Waals surface area (Å²) in [6, 6.07) is 5.65. The first-order chi connectivity index (χ1) is 11.5. The molecule has 0 saturated heterocycles. The van der Waals surface area contributed by atoms with E-state index in [1.807, 2.05) is 19.9 Å². The van der Waals surface area contributed by atoms with E-state index in [-0.39, 0.29) is 18.1 Å². The fourth-order valence-corrected chi connectivity index (χ4v) is 1.90. The zero-order chi connectivity index (χ0) is 18.4. The normalized spacial score (nSPS) is 11.4. The predicted octanol–water partition coefficient (Wildman–Crippen LogP) is 3.33. The average Bonchev–Trinajstić information content (AvgIpc) is 2.56. The molecule has 1 rings (SSSR count). The number of ether oxygens (including phenoxy) is 2. The van der Waals surface area contributed by atoms with Crippen LogP contribution >= 0.6 is 0 Å². The van der Waals surface area contributed by atoms with Gasteiger partial charge in [0.05, 0.1) is 6.61 Å². The molecule has 2 N–H and O–H groups in total. The second-order valence-corrected chi connectivity index (χ2v) is 5.45. The molecule has 1 aromatic carbocycles. The first-order valence-electron chi connectivity index (χ1n) is 8.77. The summed E-state index contributed by atoms with van der Waals surface area (Å²) < 4.78 is 10.9. The van der Waals surface area contributed by atoms with Gasteiger partial charge in [0.2, 0.25) is 0 Å². The molecule has 138 valence electrons. The van der Waals surface area contributed by atoms with Crippen LogP contribution in [-0.4, -0.2) is 43.3 Å². The molecule has 1 unspecified atom stereocenters. The number of phenols is 1. The number of hydrogen-bond donors (Lipinski definition) is 2. The molecule has 5 nitrogen and oxygen atoms in total. The highest BCUT2D eigenvalue weighted by Gasteiger charge is 2.03. The largest absolute Gasteiger partial charge is 0.508 e. The lowest BCUT2D eigenvalue weighted by Gasteiger charge is -2.13. The Bertz CT molecular complexity index is 463. The Morgan fingerprint density at radius 3 is 2.58 bits per heavy atom. The molecular formula is C19H33NO4. The van der Waals surface area contributed by atoms with Crippen molar-refractivity contribution < 1.29 is 19.4 Å². The van der Waals surface area contributed by atoms with Crippen molar-refractivity contribution in [3.63, 3.8) is 0 Å². The number of phenolic OH excluding ortho intramolecular Hbond substituents is 1. The minimum absolute atomic E-state index is 0.00809. The number of hydrogen-bond acceptors (Lipinski definition) is 5. The summed E-state index contributed by atoms with van der Waals surface area (Å²) in [6.45, 7) is 11.6. The van der Waals surface area contributed by atoms with Crippen molar-refractivity contribution in [3.8, 4) is 11.5 Å². The molecule has 0 saturated carbocycles. The quantitative estimate of drug-likeness (QED) is 0.605. The lowest BCUT2D eigenvalue weighted by molar-refractivity contribution is -0.121. The molecule has 5 heteroatoms. The molecule has 0 aliphatic heterocycles. The van der Waals surface area contributed by atoms with Crippen LogP contribution in [0, 0.1) is 0 Å². The minimum atomic E-state index is 0.00809. The third-order valence-corrected chi connectivity index (χ3v) is 3.27. The van der Waals surface area contributed by atoms with Gasteiger partial charge in [0, 0.05) is 18.7 Å². The monoisotopic (exact) mass is 339 g/mol. The van der Waals surface area contributed by atoms with Gasteiger partial charge in [0.1, 0.15) is 24.7 Å². The predicted molar refractivity (Wildman–Crippen MR) is 97.9 cm³/mol. The second kappa shape index (κ2) is 13.8. The molecule has 1 aromatic rings. The van der Waals surface area contributed by atoms with Crippen molar-refractivity contribution in [3.05, 3.63) is 23.8 Å². The molecule has 0 fully saturated rings. The van der Waals surface area contributed by atoms with Gasteiger partial charge < -0.3 is 19.9 Å². The molecule has 0 aromatic heterocycles. The minimum Gasteiger partial charge on any atom is -0.508 e. The third kappa shape index (κ3) is 11.0. The number of nitrogens with one attached hydrogen (secondary N) is 1. The standard InChI is InChI=1S/C17H27NO4.C2H6/c1-4-13(2)18-6-8-22-17-10-15(9-16(20)11-17)5-7-21-12-14(3)19;1-2/h9-11,13,18,20H,4-8,12H2,1-3H3;1-2H3. The smallest absolute Gasteiger partial charge is 0.155 e. The number of rotatable bonds is 11. The van der Waals surface area contributed by atoms with Crippen LogP contribution in [0.25, 0.3) is 0 Å². The van der Waals surface area contributed by atoms with Gasteiger partial charge in [-0.1, -0.05) is 20.8 Å². The van der Waals surface area contributed by atoms with Crippen LogP contribution in [0.4, 0.5) is 0 Å². The van der Waals surface area contributed by atoms with Crippen molar-refractivity contribution in [1.29, 1.82) is 0 Å². The van der Waals surface area contributed by atoms with Crippen LogP contribution in [0.1, 0.15) is 46.6 Å². The Morgan fingerprint density at radius 2 is 1.96 bits per heavy atom. The Morgan fingerprint density at radius 1 is 1.25 bits per heavy atom. The maximum atomic E-state index is 10.8. The van der Waals surface area contributed by atoms with Gasteiger partial charge in [-0.15, -0.1) is 0 Å². The van der Waals surface area contributed by atoms with Crippen LogP contribution in [0.15, 0.2) is 18.2 Å². The topological polar surface area (TPSA) is 67.8 Å². The second-order valence-electron chi connectivity index (χ2n) is 5.45. The summed E-state index contributed by atoms with van der Waals surface area (Å²) in [5.74, 6) is 0.829. The van der Waals surface area contributed by atoms with E-state index in [0.717, 1.165) is 18.5 Å². The van der Waals surface area contributed by atoms with Crippen LogP contribution in [0.5, 0.6) is 11.5 Å². The number of carbonyl (C=O) groups excluding carboxylic acids is 1. The van der Waals surface area contributed by atoms with Crippen molar-refractivity contribution >= 4 is 5.78 Å². The highest BCUT2D eigenvalue weighted by Crippen LogP contribution is 2.22. The lowest BCUT2D eigenvalue weighted by atomic mass is 10.1. The maximum absolute atomic E-state index is 10.8. The molecule has 0 aliphatic carbocycles. The van der Waals surface area contributed by atoms with Crippen LogP contribution < -0.4 is 10.1 Å². The number of Topliss-reactive ketones (excluding diaryl/α,β-unsaturated/α-hetero) is 1. The molecule has 0 heterocycles. The fourth-order valence-electron chi connectivity index (χ4n) is 1.90. The Hall–Kier alpha value is -1.59. The van der Waals surface area contributed by atoms with E-state index < -0.39 is 0 Å². The number of carbonyl (C=O) groups is 1. The maximum Gasteiger partial charge on any atom is 0.155 e. The highest BCUT2D eigenvalue weighted by molar-refractivity contribution is 5.76. The average molecular weight is 339 g/mol. The van der Waals surface area contributed by atoms with Crippen molar-refractivity contribution in [2.75, 3.05) is 26.4 Å². The lowest BCUT2D eigenvalue weighted by Crippen LogP contribution is -2.29. The molecule has 24 heavy (non-hydrogen) atoms. The van der Waals surface area contributed by atoms with Gasteiger partial charge in [-0.2, -0.15) is 0 Å². The summed E-state index contributed by atoms with van der Waals surface area (Å²) >= 11 is 0. The van der Waals surface area contributed by atoms with Crippen LogP contribution in [0.3, 0.4) is 0 Å². The van der Waals surface area contributed by atoms with Gasteiger partial charge in [0.25, 0.3) is 0 Å². The Kier molecular flexibility index (Phi) is 12.9. The third-order valence-electron chi connectivity index (χ3n) is 3.27. The zero-order valence-corrected chi connectivity index (χ0v) is 15.7. The SMILES string of the molecule is CC.CCC(C)NCCOc1cc(O)cc(CCOCC(C)=O)c1. The Labute approximate surface area is 146 Å². The number of aromatic hydroxyl groups is 1. The molecule has 0 radical (unpaired) electrons. The summed E-state index contributed by atoms with van der Waals surface area (Å²) in [5, 5.41) is 13.1. The summed E-state index contributed by atoms with van der Waals surface area (Å²) in [5.41, 5.74) is 0.924. The zero-order valence-electron chi connectivity index (χ0n) is 15.7. The van der Waals surface area contributed by atoms with Gasteiger partial charge >= 0.3 is 0 Å². The molecule has 0 spiro atoms. The molecule has 0 aliphatic rings. The molecular weight excluding hydrogens is 306 g/mol. The molecule has 0 bridgehead atoms. The van der Waals surface area contributed by atoms with Crippen molar-refractivity contribution in [2.45, 2.75) is 53.5 Å². The summed E-state index contributed by atoms with van der Waals surface area (Å²) in [4.78, 5) is 10.8. The summed E-state index contributed by atoms with van der Waals surface area (Å²) in [7, 11) is 0. The highest BCUT2D eigenvalue weighted by atomic mass is 16.5. The summed E-state index contributed by atoms with van der Waals surface area (Å²) in [6.07, 6.45) is 1.71. The first-order valence-corrected chi connectivity index (χ1v) is 8.77. The molecule has 0 amide bonds.